The summed E-state index contributed by atoms with van der Waals surface area (Å²) in [4.78, 5) is 18.2. The number of aliphatic hydroxyl groups is 1. The lowest BCUT2D eigenvalue weighted by Gasteiger charge is -2.26. The summed E-state index contributed by atoms with van der Waals surface area (Å²) < 4.78 is 22.0. The molecule has 10 rings (SSSR count). The van der Waals surface area contributed by atoms with Gasteiger partial charge in [0.05, 0.1) is 35.0 Å². The molecule has 10 aromatic carbocycles. The van der Waals surface area contributed by atoms with Gasteiger partial charge in [-0.05, 0) is 227 Å². The van der Waals surface area contributed by atoms with Crippen molar-refractivity contribution < 1.29 is 28.8 Å². The topological polar surface area (TPSA) is 83.9 Å². The Hall–Kier alpha value is -9.57. The summed E-state index contributed by atoms with van der Waals surface area (Å²) in [6.07, 6.45) is 0.859. The van der Waals surface area contributed by atoms with Crippen LogP contribution < -0.4 is 33.6 Å². The Labute approximate surface area is 438 Å². The van der Waals surface area contributed by atoms with Crippen molar-refractivity contribution in [1.29, 1.82) is 0 Å². The van der Waals surface area contributed by atoms with E-state index in [1.807, 2.05) is 121 Å². The minimum Gasteiger partial charge on any atom is -0.497 e. The van der Waals surface area contributed by atoms with E-state index in [1.54, 1.807) is 28.4 Å². The summed E-state index contributed by atoms with van der Waals surface area (Å²) in [7, 11) is 6.68. The normalized spacial score (nSPS) is 10.8. The molecule has 370 valence electrons. The Kier molecular flexibility index (Phi) is 14.7. The highest BCUT2D eigenvalue weighted by Crippen LogP contribution is 2.42. The number of nitrogens with zero attached hydrogens (tertiary/aromatic N) is 3. The van der Waals surface area contributed by atoms with Crippen LogP contribution in [0.15, 0.2) is 237 Å². The van der Waals surface area contributed by atoms with Crippen LogP contribution >= 0.6 is 0 Å². The molecule has 0 aliphatic heterocycles. The highest BCUT2D eigenvalue weighted by molar-refractivity contribution is 5.87. The Morgan fingerprint density at radius 1 is 0.307 bits per heavy atom. The number of methoxy groups -OCH3 is 4. The number of carbonyl (C=O) groups excluding carboxylic acids is 1. The fourth-order valence-electron chi connectivity index (χ4n) is 9.26. The molecule has 0 atom stereocenters. The van der Waals surface area contributed by atoms with Crippen molar-refractivity contribution >= 4 is 57.5 Å². The van der Waals surface area contributed by atoms with Crippen molar-refractivity contribution in [3.05, 3.63) is 248 Å². The number of ether oxygens (including phenoxy) is 4. The van der Waals surface area contributed by atoms with Gasteiger partial charge in [0.25, 0.3) is 0 Å². The van der Waals surface area contributed by atoms with E-state index in [1.165, 1.54) is 0 Å². The summed E-state index contributed by atoms with van der Waals surface area (Å²) in [6.45, 7) is -0.0291. The van der Waals surface area contributed by atoms with Gasteiger partial charge in [-0.3, -0.25) is 4.79 Å². The number of benzene rings is 10. The van der Waals surface area contributed by atoms with Crippen LogP contribution in [0.4, 0.5) is 51.2 Å². The molecule has 0 fully saturated rings. The largest absolute Gasteiger partial charge is 0.497 e. The van der Waals surface area contributed by atoms with Crippen LogP contribution in [-0.4, -0.2) is 39.8 Å². The van der Waals surface area contributed by atoms with Crippen LogP contribution in [0.2, 0.25) is 0 Å². The zero-order valence-electron chi connectivity index (χ0n) is 42.1. The van der Waals surface area contributed by atoms with Crippen LogP contribution in [0, 0.1) is 0 Å². The summed E-state index contributed by atoms with van der Waals surface area (Å²) >= 11 is 0. The fraction of sp³-hybridized carbons (Fsp3) is 0.0758. The standard InChI is InChI=1S/C66H55N3O6/c1-72-63-33-25-59(26-34-63)67(54-15-5-46(44-70)6-16-54)56-19-9-48(10-20-56)51-41-52(49-11-21-57(22-12-49)68(55-17-7-47(45-71)8-18-55)60-27-35-64(73-2)36-28-60)43-53(42-51)50-13-23-58(24-14-50)69(61-29-37-65(74-3)38-30-61)62-31-39-66(75-4)40-32-62/h5-44,71H,45H2,1-4H3. The van der Waals surface area contributed by atoms with Crippen molar-refractivity contribution in [2.45, 2.75) is 6.61 Å². The van der Waals surface area contributed by atoms with Crippen LogP contribution in [0.3, 0.4) is 0 Å². The Morgan fingerprint density at radius 3 is 0.733 bits per heavy atom. The Bertz CT molecular complexity index is 3220. The maximum atomic E-state index is 11.6. The highest BCUT2D eigenvalue weighted by Gasteiger charge is 2.18. The van der Waals surface area contributed by atoms with Crippen LogP contribution in [0.5, 0.6) is 23.0 Å². The third kappa shape index (κ3) is 10.8. The smallest absolute Gasteiger partial charge is 0.150 e. The molecule has 9 nitrogen and oxygen atoms in total. The molecule has 10 aromatic rings. The average molecular weight is 986 g/mol. The van der Waals surface area contributed by atoms with Gasteiger partial charge in [0.15, 0.2) is 0 Å². The average Bonchev–Trinajstić information content (AvgIpc) is 3.49. The van der Waals surface area contributed by atoms with Crippen molar-refractivity contribution in [2.24, 2.45) is 0 Å². The third-order valence-corrected chi connectivity index (χ3v) is 13.3. The lowest BCUT2D eigenvalue weighted by Crippen LogP contribution is -2.10. The number of hydrogen-bond donors (Lipinski definition) is 1. The third-order valence-electron chi connectivity index (χ3n) is 13.3. The van der Waals surface area contributed by atoms with Gasteiger partial charge in [-0.2, -0.15) is 0 Å². The maximum Gasteiger partial charge on any atom is 0.150 e. The minimum absolute atomic E-state index is 0.0291. The zero-order valence-corrected chi connectivity index (χ0v) is 42.1. The van der Waals surface area contributed by atoms with E-state index in [4.69, 9.17) is 18.9 Å². The first-order valence-electron chi connectivity index (χ1n) is 24.5. The monoisotopic (exact) mass is 985 g/mol. The molecule has 0 heterocycles. The zero-order chi connectivity index (χ0) is 51.7. The number of hydrogen-bond acceptors (Lipinski definition) is 9. The molecule has 0 bridgehead atoms. The molecule has 0 unspecified atom stereocenters. The lowest BCUT2D eigenvalue weighted by atomic mass is 9.93. The molecular formula is C66H55N3O6. The molecular weight excluding hydrogens is 931 g/mol. The minimum atomic E-state index is -0.0291. The van der Waals surface area contributed by atoms with Crippen LogP contribution in [-0.2, 0) is 6.61 Å². The van der Waals surface area contributed by atoms with Gasteiger partial charge in [0.2, 0.25) is 0 Å². The Balaban J connectivity index is 1.06. The maximum absolute atomic E-state index is 11.6. The molecule has 0 amide bonds. The van der Waals surface area contributed by atoms with Crippen molar-refractivity contribution in [3.63, 3.8) is 0 Å². The van der Waals surface area contributed by atoms with E-state index >= 15 is 0 Å². The molecule has 9 heteroatoms. The van der Waals surface area contributed by atoms with Crippen molar-refractivity contribution in [2.75, 3.05) is 43.1 Å². The first-order valence-corrected chi connectivity index (χ1v) is 24.5. The van der Waals surface area contributed by atoms with Crippen LogP contribution in [0.25, 0.3) is 33.4 Å². The van der Waals surface area contributed by atoms with Gasteiger partial charge >= 0.3 is 0 Å². The second-order valence-corrected chi connectivity index (χ2v) is 17.8. The van der Waals surface area contributed by atoms with Crippen molar-refractivity contribution in [3.8, 4) is 56.4 Å². The molecule has 0 aliphatic rings. The number of carbonyl (C=O) groups is 1. The van der Waals surface area contributed by atoms with E-state index in [0.29, 0.717) is 5.56 Å². The lowest BCUT2D eigenvalue weighted by molar-refractivity contribution is 0.112. The van der Waals surface area contributed by atoms with E-state index < -0.39 is 0 Å². The summed E-state index contributed by atoms with van der Waals surface area (Å²) in [5, 5.41) is 9.83. The molecule has 0 saturated heterocycles. The van der Waals surface area contributed by atoms with E-state index in [-0.39, 0.29) is 6.61 Å². The second-order valence-electron chi connectivity index (χ2n) is 17.8. The summed E-state index contributed by atoms with van der Waals surface area (Å²) in [5.41, 5.74) is 16.5. The SMILES string of the molecule is COc1ccc(N(c2ccc(C=O)cc2)c2ccc(-c3cc(-c4ccc(N(c5ccc(CO)cc5)c5ccc(OC)cc5)cc4)cc(-c4ccc(N(c5ccc(OC)cc5)c5ccc(OC)cc5)cc4)c3)cc2)cc1. The second kappa shape index (κ2) is 22.5. The number of aliphatic hydroxyl groups excluding tert-OH is 1. The van der Waals surface area contributed by atoms with E-state index in [9.17, 15) is 9.90 Å². The molecule has 0 saturated carbocycles. The van der Waals surface area contributed by atoms with Gasteiger partial charge in [-0.15, -0.1) is 0 Å². The van der Waals surface area contributed by atoms with E-state index in [0.717, 1.165) is 119 Å². The molecule has 0 radical (unpaired) electrons. The molecule has 0 spiro atoms. The predicted molar refractivity (Wildman–Crippen MR) is 304 cm³/mol. The predicted octanol–water partition coefficient (Wildman–Crippen LogP) is 16.4. The van der Waals surface area contributed by atoms with Crippen LogP contribution in [0.1, 0.15) is 15.9 Å². The first kappa shape index (κ1) is 49.0. The first-order chi connectivity index (χ1) is 36.8. The summed E-state index contributed by atoms with van der Waals surface area (Å²) in [6, 6.07) is 80.4. The Morgan fingerprint density at radius 2 is 0.520 bits per heavy atom. The van der Waals surface area contributed by atoms with Gasteiger partial charge in [-0.1, -0.05) is 48.5 Å². The van der Waals surface area contributed by atoms with Gasteiger partial charge in [0.1, 0.15) is 29.3 Å². The van der Waals surface area contributed by atoms with E-state index in [2.05, 4.69) is 130 Å². The number of anilines is 9. The quantitative estimate of drug-likeness (QED) is 0.0845. The number of aldehydes is 1. The van der Waals surface area contributed by atoms with Gasteiger partial charge in [0, 0.05) is 56.7 Å². The molecule has 75 heavy (non-hydrogen) atoms. The molecule has 0 aromatic heterocycles. The van der Waals surface area contributed by atoms with Gasteiger partial charge in [-0.25, -0.2) is 0 Å². The molecule has 1 N–H and O–H groups in total. The summed E-state index contributed by atoms with van der Waals surface area (Å²) in [5.74, 6) is 3.11. The van der Waals surface area contributed by atoms with Gasteiger partial charge < -0.3 is 38.8 Å². The number of rotatable bonds is 18. The highest BCUT2D eigenvalue weighted by atomic mass is 16.5. The fourth-order valence-corrected chi connectivity index (χ4v) is 9.26. The van der Waals surface area contributed by atoms with Crippen molar-refractivity contribution in [1.82, 2.24) is 0 Å². The molecule has 0 aliphatic carbocycles.